The van der Waals surface area contributed by atoms with E-state index in [0.717, 1.165) is 17.4 Å². The number of hydrogen-bond acceptors (Lipinski definition) is 3. The van der Waals surface area contributed by atoms with Gasteiger partial charge >= 0.3 is 0 Å². The van der Waals surface area contributed by atoms with Crippen molar-refractivity contribution in [2.24, 2.45) is 0 Å². The first kappa shape index (κ1) is 14.1. The molecule has 1 atom stereocenters. The third-order valence-corrected chi connectivity index (χ3v) is 5.23. The van der Waals surface area contributed by atoms with E-state index in [2.05, 4.69) is 20.5 Å². The lowest BCUT2D eigenvalue weighted by atomic mass is 9.99. The Morgan fingerprint density at radius 2 is 2.30 bits per heavy atom. The number of hydrogen-bond donors (Lipinski definition) is 0. The number of rotatable bonds is 5. The van der Waals surface area contributed by atoms with Crippen LogP contribution in [-0.2, 0) is 13.1 Å². The number of imidazole rings is 1. The van der Waals surface area contributed by atoms with Crippen molar-refractivity contribution in [2.45, 2.75) is 44.8 Å². The molecular formula is C15H20ClN3S. The summed E-state index contributed by atoms with van der Waals surface area (Å²) in [6.45, 7) is 3.32. The molecule has 20 heavy (non-hydrogen) atoms. The van der Waals surface area contributed by atoms with Crippen LogP contribution >= 0.6 is 22.9 Å². The Hall–Kier alpha value is -0.840. The fourth-order valence-corrected chi connectivity index (χ4v) is 4.06. The maximum Gasteiger partial charge on any atom is 0.0945 e. The number of likely N-dealkylation sites (tertiary alicyclic amines) is 1. The highest BCUT2D eigenvalue weighted by Crippen LogP contribution is 2.27. The van der Waals surface area contributed by atoms with Crippen molar-refractivity contribution < 1.29 is 0 Å². The molecule has 1 aliphatic heterocycles. The maximum atomic E-state index is 6.03. The predicted molar refractivity (Wildman–Crippen MR) is 84.2 cm³/mol. The predicted octanol–water partition coefficient (Wildman–Crippen LogP) is 4.04. The first-order chi connectivity index (χ1) is 9.81. The Bertz CT molecular complexity index is 523. The summed E-state index contributed by atoms with van der Waals surface area (Å²) in [5, 5.41) is 0. The molecule has 0 N–H and O–H groups in total. The molecule has 0 spiro atoms. The van der Waals surface area contributed by atoms with Crippen molar-refractivity contribution in [3.05, 3.63) is 40.1 Å². The van der Waals surface area contributed by atoms with Gasteiger partial charge < -0.3 is 4.57 Å². The van der Waals surface area contributed by atoms with E-state index in [1.54, 1.807) is 11.3 Å². The van der Waals surface area contributed by atoms with Crippen molar-refractivity contribution in [2.75, 3.05) is 6.54 Å². The zero-order chi connectivity index (χ0) is 13.8. The third-order valence-electron chi connectivity index (χ3n) is 4.02. The lowest BCUT2D eigenvalue weighted by Gasteiger charge is -2.35. The Balaban J connectivity index is 1.58. The van der Waals surface area contributed by atoms with E-state index in [0.29, 0.717) is 6.04 Å². The molecule has 3 rings (SSSR count). The van der Waals surface area contributed by atoms with E-state index in [4.69, 9.17) is 11.6 Å². The maximum absolute atomic E-state index is 6.03. The van der Waals surface area contributed by atoms with Gasteiger partial charge in [0.05, 0.1) is 10.7 Å². The minimum atomic E-state index is 0.687. The first-order valence-electron chi connectivity index (χ1n) is 7.25. The normalized spacial score (nSPS) is 20.4. The van der Waals surface area contributed by atoms with E-state index in [1.165, 1.54) is 37.1 Å². The second-order valence-electron chi connectivity index (χ2n) is 5.42. The molecule has 0 unspecified atom stereocenters. The van der Waals surface area contributed by atoms with Crippen LogP contribution in [0, 0.1) is 0 Å². The molecule has 3 heterocycles. The Kier molecular flexibility index (Phi) is 4.76. The van der Waals surface area contributed by atoms with Crippen LogP contribution in [0.1, 0.15) is 30.6 Å². The van der Waals surface area contributed by atoms with E-state index >= 15 is 0 Å². The van der Waals surface area contributed by atoms with Gasteiger partial charge in [0.15, 0.2) is 0 Å². The minimum absolute atomic E-state index is 0.687. The van der Waals surface area contributed by atoms with Crippen LogP contribution in [0.4, 0.5) is 0 Å². The van der Waals surface area contributed by atoms with Gasteiger partial charge in [-0.2, -0.15) is 0 Å². The molecule has 0 bridgehead atoms. The third kappa shape index (κ3) is 3.62. The smallest absolute Gasteiger partial charge is 0.0945 e. The number of thiophene rings is 1. The zero-order valence-electron chi connectivity index (χ0n) is 11.5. The van der Waals surface area contributed by atoms with Crippen LogP contribution in [-0.4, -0.2) is 27.0 Å². The highest BCUT2D eigenvalue weighted by Gasteiger charge is 2.22. The van der Waals surface area contributed by atoms with Gasteiger partial charge in [-0.15, -0.1) is 11.3 Å². The number of aryl methyl sites for hydroxylation is 1. The number of aromatic nitrogens is 2. The van der Waals surface area contributed by atoms with Gasteiger partial charge in [-0.25, -0.2) is 4.98 Å². The quantitative estimate of drug-likeness (QED) is 0.831. The van der Waals surface area contributed by atoms with Gasteiger partial charge in [0.25, 0.3) is 0 Å². The number of piperidine rings is 1. The molecule has 2 aromatic rings. The van der Waals surface area contributed by atoms with E-state index in [-0.39, 0.29) is 0 Å². The average Bonchev–Trinajstić information content (AvgIpc) is 3.10. The standard InChI is InChI=1S/C15H20ClN3S/c16-15-5-4-14(20-15)11-19-8-2-1-3-13(19)6-9-18-10-7-17-12-18/h4-5,7,10,12-13H,1-3,6,8-9,11H2/t13-/m0/s1. The minimum Gasteiger partial charge on any atom is -0.337 e. The van der Waals surface area contributed by atoms with Crippen molar-refractivity contribution in [3.63, 3.8) is 0 Å². The van der Waals surface area contributed by atoms with Gasteiger partial charge in [0.2, 0.25) is 0 Å². The van der Waals surface area contributed by atoms with Crippen LogP contribution in [0.3, 0.4) is 0 Å². The molecule has 1 saturated heterocycles. The zero-order valence-corrected chi connectivity index (χ0v) is 13.1. The second kappa shape index (κ2) is 6.74. The summed E-state index contributed by atoms with van der Waals surface area (Å²) in [6, 6.07) is 4.85. The van der Waals surface area contributed by atoms with Crippen LogP contribution in [0.25, 0.3) is 0 Å². The second-order valence-corrected chi connectivity index (χ2v) is 7.21. The monoisotopic (exact) mass is 309 g/mol. The fraction of sp³-hybridized carbons (Fsp3) is 0.533. The van der Waals surface area contributed by atoms with Gasteiger partial charge in [0, 0.05) is 36.4 Å². The summed E-state index contributed by atoms with van der Waals surface area (Å²) in [6.07, 6.45) is 11.0. The van der Waals surface area contributed by atoms with Crippen molar-refractivity contribution in [1.29, 1.82) is 0 Å². The molecule has 1 fully saturated rings. The molecule has 0 aromatic carbocycles. The summed E-state index contributed by atoms with van der Waals surface area (Å²) in [7, 11) is 0. The van der Waals surface area contributed by atoms with Crippen molar-refractivity contribution in [3.8, 4) is 0 Å². The Labute approximate surface area is 129 Å². The molecule has 2 aromatic heterocycles. The highest BCUT2D eigenvalue weighted by atomic mass is 35.5. The molecule has 0 saturated carbocycles. The van der Waals surface area contributed by atoms with Gasteiger partial charge in [-0.05, 0) is 37.9 Å². The van der Waals surface area contributed by atoms with Crippen LogP contribution < -0.4 is 0 Å². The summed E-state index contributed by atoms with van der Waals surface area (Å²) in [4.78, 5) is 8.12. The molecule has 0 radical (unpaired) electrons. The summed E-state index contributed by atoms with van der Waals surface area (Å²) < 4.78 is 3.07. The molecule has 0 amide bonds. The first-order valence-corrected chi connectivity index (χ1v) is 8.45. The summed E-state index contributed by atoms with van der Waals surface area (Å²) >= 11 is 7.74. The molecule has 0 aliphatic carbocycles. The fourth-order valence-electron chi connectivity index (χ4n) is 2.95. The van der Waals surface area contributed by atoms with Gasteiger partial charge in [-0.3, -0.25) is 4.90 Å². The van der Waals surface area contributed by atoms with E-state index < -0.39 is 0 Å². The lowest BCUT2D eigenvalue weighted by Crippen LogP contribution is -2.39. The van der Waals surface area contributed by atoms with Crippen LogP contribution in [0.15, 0.2) is 30.9 Å². The molecule has 5 heteroatoms. The Morgan fingerprint density at radius 1 is 1.35 bits per heavy atom. The molecular weight excluding hydrogens is 290 g/mol. The van der Waals surface area contributed by atoms with Crippen molar-refractivity contribution in [1.82, 2.24) is 14.5 Å². The molecule has 1 aliphatic rings. The van der Waals surface area contributed by atoms with E-state index in [1.807, 2.05) is 24.8 Å². The van der Waals surface area contributed by atoms with Crippen LogP contribution in [0.2, 0.25) is 4.34 Å². The Morgan fingerprint density at radius 3 is 3.05 bits per heavy atom. The topological polar surface area (TPSA) is 21.1 Å². The van der Waals surface area contributed by atoms with E-state index in [9.17, 15) is 0 Å². The summed E-state index contributed by atoms with van der Waals surface area (Å²) in [5.41, 5.74) is 0. The average molecular weight is 310 g/mol. The number of nitrogens with zero attached hydrogens (tertiary/aromatic N) is 3. The van der Waals surface area contributed by atoms with Gasteiger partial charge in [-0.1, -0.05) is 18.0 Å². The lowest BCUT2D eigenvalue weighted by molar-refractivity contribution is 0.129. The summed E-state index contributed by atoms with van der Waals surface area (Å²) in [5.74, 6) is 0. The largest absolute Gasteiger partial charge is 0.337 e. The van der Waals surface area contributed by atoms with Gasteiger partial charge in [0.1, 0.15) is 0 Å². The molecule has 108 valence electrons. The SMILES string of the molecule is Clc1ccc(CN2CCCC[C@H]2CCn2ccnc2)s1. The molecule has 3 nitrogen and oxygen atoms in total. The highest BCUT2D eigenvalue weighted by molar-refractivity contribution is 7.16. The van der Waals surface area contributed by atoms with Crippen LogP contribution in [0.5, 0.6) is 0 Å². The number of halogens is 1. The van der Waals surface area contributed by atoms with Crippen molar-refractivity contribution >= 4 is 22.9 Å².